The van der Waals surface area contributed by atoms with Crippen LogP contribution < -0.4 is 0 Å². The summed E-state index contributed by atoms with van der Waals surface area (Å²) in [6.07, 6.45) is 8.46. The van der Waals surface area contributed by atoms with E-state index in [1.807, 2.05) is 18.7 Å². The van der Waals surface area contributed by atoms with Crippen LogP contribution in [0.2, 0.25) is 0 Å². The van der Waals surface area contributed by atoms with Gasteiger partial charge in [0.1, 0.15) is 11.3 Å². The molecule has 1 amide bonds. The molecule has 24 heavy (non-hydrogen) atoms. The van der Waals surface area contributed by atoms with E-state index in [0.717, 1.165) is 44.0 Å². The number of carbonyl (C=O) groups excluding carboxylic acids is 1. The smallest absolute Gasteiger partial charge is 0.259 e. The summed E-state index contributed by atoms with van der Waals surface area (Å²) < 4.78 is 5.23. The predicted molar refractivity (Wildman–Crippen MR) is 94.2 cm³/mol. The van der Waals surface area contributed by atoms with Gasteiger partial charge in [-0.05, 0) is 58.0 Å². The SMILES string of the molecule is CCc1noc(C)c1C(=O)N1CCC(CN2CCCCCC2)CC1. The van der Waals surface area contributed by atoms with Crippen molar-refractivity contribution in [2.75, 3.05) is 32.7 Å². The number of carbonyl (C=O) groups is 1. The molecular formula is C19H31N3O2. The third-order valence-electron chi connectivity index (χ3n) is 5.60. The van der Waals surface area contributed by atoms with Gasteiger partial charge in [-0.15, -0.1) is 0 Å². The fourth-order valence-electron chi connectivity index (χ4n) is 4.09. The second-order valence-corrected chi connectivity index (χ2v) is 7.36. The van der Waals surface area contributed by atoms with Crippen LogP contribution in [-0.4, -0.2) is 53.6 Å². The van der Waals surface area contributed by atoms with Crippen molar-refractivity contribution in [2.45, 2.75) is 58.8 Å². The number of rotatable bonds is 4. The molecule has 2 saturated heterocycles. The van der Waals surface area contributed by atoms with Gasteiger partial charge in [-0.25, -0.2) is 0 Å². The van der Waals surface area contributed by atoms with Crippen molar-refractivity contribution >= 4 is 5.91 Å². The molecule has 0 atom stereocenters. The van der Waals surface area contributed by atoms with Gasteiger partial charge in [0, 0.05) is 19.6 Å². The molecule has 0 spiro atoms. The summed E-state index contributed by atoms with van der Waals surface area (Å²) in [5.41, 5.74) is 1.49. The zero-order valence-corrected chi connectivity index (χ0v) is 15.2. The van der Waals surface area contributed by atoms with Gasteiger partial charge in [0.25, 0.3) is 5.91 Å². The van der Waals surface area contributed by atoms with Gasteiger partial charge in [0.15, 0.2) is 0 Å². The quantitative estimate of drug-likeness (QED) is 0.848. The molecule has 3 heterocycles. The minimum Gasteiger partial charge on any atom is -0.361 e. The summed E-state index contributed by atoms with van der Waals surface area (Å²) in [6, 6.07) is 0. The minimum atomic E-state index is 0.110. The van der Waals surface area contributed by atoms with Crippen LogP contribution in [0, 0.1) is 12.8 Å². The number of hydrogen-bond acceptors (Lipinski definition) is 4. The molecule has 0 N–H and O–H groups in total. The molecule has 0 radical (unpaired) electrons. The Hall–Kier alpha value is -1.36. The number of aromatic nitrogens is 1. The molecule has 0 unspecified atom stereocenters. The topological polar surface area (TPSA) is 49.6 Å². The van der Waals surface area contributed by atoms with E-state index in [4.69, 9.17) is 4.52 Å². The van der Waals surface area contributed by atoms with Gasteiger partial charge in [-0.1, -0.05) is 24.9 Å². The standard InChI is InChI=1S/C19H31N3O2/c1-3-17-18(15(2)24-20-17)19(23)22-12-8-16(9-13-22)14-21-10-6-4-5-7-11-21/h16H,3-14H2,1-2H3. The molecule has 0 aliphatic carbocycles. The van der Waals surface area contributed by atoms with Crippen molar-refractivity contribution < 1.29 is 9.32 Å². The van der Waals surface area contributed by atoms with Gasteiger partial charge in [0.05, 0.1) is 5.69 Å². The molecule has 0 aromatic carbocycles. The van der Waals surface area contributed by atoms with Gasteiger partial charge < -0.3 is 14.3 Å². The lowest BCUT2D eigenvalue weighted by molar-refractivity contribution is 0.0665. The zero-order valence-electron chi connectivity index (χ0n) is 15.2. The molecular weight excluding hydrogens is 302 g/mol. The van der Waals surface area contributed by atoms with Crippen molar-refractivity contribution in [2.24, 2.45) is 5.92 Å². The number of aryl methyl sites for hydroxylation is 2. The third kappa shape index (κ3) is 4.00. The monoisotopic (exact) mass is 333 g/mol. The van der Waals surface area contributed by atoms with E-state index in [2.05, 4.69) is 10.1 Å². The van der Waals surface area contributed by atoms with Crippen LogP contribution in [-0.2, 0) is 6.42 Å². The van der Waals surface area contributed by atoms with Crippen LogP contribution in [0.25, 0.3) is 0 Å². The molecule has 0 saturated carbocycles. The third-order valence-corrected chi connectivity index (χ3v) is 5.60. The Kier molecular flexibility index (Phi) is 5.93. The van der Waals surface area contributed by atoms with E-state index in [0.29, 0.717) is 11.3 Å². The number of likely N-dealkylation sites (tertiary alicyclic amines) is 2. The van der Waals surface area contributed by atoms with Crippen molar-refractivity contribution in [3.05, 3.63) is 17.0 Å². The van der Waals surface area contributed by atoms with E-state index >= 15 is 0 Å². The average Bonchev–Trinajstić information content (AvgIpc) is 2.80. The summed E-state index contributed by atoms with van der Waals surface area (Å²) in [5, 5.41) is 4.02. The maximum Gasteiger partial charge on any atom is 0.259 e. The number of piperidine rings is 1. The minimum absolute atomic E-state index is 0.110. The molecule has 2 aliphatic heterocycles. The Morgan fingerprint density at radius 1 is 1.12 bits per heavy atom. The second-order valence-electron chi connectivity index (χ2n) is 7.36. The second kappa shape index (κ2) is 8.15. The predicted octanol–water partition coefficient (Wildman–Crippen LogP) is 3.27. The van der Waals surface area contributed by atoms with E-state index < -0.39 is 0 Å². The lowest BCUT2D eigenvalue weighted by atomic mass is 9.95. The summed E-state index contributed by atoms with van der Waals surface area (Å²) in [5.74, 6) is 1.50. The molecule has 5 heteroatoms. The van der Waals surface area contributed by atoms with Crippen LogP contribution in [0.4, 0.5) is 0 Å². The molecule has 134 valence electrons. The van der Waals surface area contributed by atoms with Crippen molar-refractivity contribution in [1.29, 1.82) is 0 Å². The normalized spacial score (nSPS) is 21.0. The van der Waals surface area contributed by atoms with Gasteiger partial charge in [0.2, 0.25) is 0 Å². The molecule has 5 nitrogen and oxygen atoms in total. The molecule has 0 bridgehead atoms. The van der Waals surface area contributed by atoms with E-state index in [9.17, 15) is 4.79 Å². The summed E-state index contributed by atoms with van der Waals surface area (Å²) in [4.78, 5) is 17.5. The zero-order chi connectivity index (χ0) is 16.9. The van der Waals surface area contributed by atoms with E-state index in [1.54, 1.807) is 0 Å². The van der Waals surface area contributed by atoms with Crippen LogP contribution in [0.15, 0.2) is 4.52 Å². The Morgan fingerprint density at radius 3 is 2.42 bits per heavy atom. The Morgan fingerprint density at radius 2 is 1.79 bits per heavy atom. The van der Waals surface area contributed by atoms with Crippen molar-refractivity contribution in [3.8, 4) is 0 Å². The highest BCUT2D eigenvalue weighted by Crippen LogP contribution is 2.23. The first-order valence-electron chi connectivity index (χ1n) is 9.65. The molecule has 2 fully saturated rings. The largest absolute Gasteiger partial charge is 0.361 e. The first-order chi connectivity index (χ1) is 11.7. The highest BCUT2D eigenvalue weighted by atomic mass is 16.5. The van der Waals surface area contributed by atoms with Crippen LogP contribution in [0.1, 0.15) is 67.3 Å². The van der Waals surface area contributed by atoms with Crippen molar-refractivity contribution in [1.82, 2.24) is 15.0 Å². The van der Waals surface area contributed by atoms with Crippen LogP contribution in [0.3, 0.4) is 0 Å². The summed E-state index contributed by atoms with van der Waals surface area (Å²) in [6.45, 7) is 9.33. The van der Waals surface area contributed by atoms with Gasteiger partial charge in [-0.3, -0.25) is 4.79 Å². The first-order valence-corrected chi connectivity index (χ1v) is 9.65. The number of amides is 1. The highest BCUT2D eigenvalue weighted by molar-refractivity contribution is 5.96. The average molecular weight is 333 g/mol. The van der Waals surface area contributed by atoms with Crippen LogP contribution in [0.5, 0.6) is 0 Å². The molecule has 1 aromatic rings. The lowest BCUT2D eigenvalue weighted by Crippen LogP contribution is -2.42. The fourth-order valence-corrected chi connectivity index (χ4v) is 4.09. The van der Waals surface area contributed by atoms with Gasteiger partial charge in [-0.2, -0.15) is 0 Å². The Bertz CT molecular complexity index is 539. The maximum absolute atomic E-state index is 12.8. The first kappa shape index (κ1) is 17.5. The fraction of sp³-hybridized carbons (Fsp3) is 0.789. The lowest BCUT2D eigenvalue weighted by Gasteiger charge is -2.34. The van der Waals surface area contributed by atoms with E-state index in [-0.39, 0.29) is 5.91 Å². The molecule has 1 aromatic heterocycles. The highest BCUT2D eigenvalue weighted by Gasteiger charge is 2.28. The van der Waals surface area contributed by atoms with Crippen molar-refractivity contribution in [3.63, 3.8) is 0 Å². The Balaban J connectivity index is 1.52. The van der Waals surface area contributed by atoms with Crippen LogP contribution >= 0.6 is 0 Å². The number of nitrogens with zero attached hydrogens (tertiary/aromatic N) is 3. The Labute approximate surface area is 145 Å². The molecule has 3 rings (SSSR count). The molecule has 2 aliphatic rings. The van der Waals surface area contributed by atoms with Gasteiger partial charge >= 0.3 is 0 Å². The maximum atomic E-state index is 12.8. The summed E-state index contributed by atoms with van der Waals surface area (Å²) >= 11 is 0. The number of hydrogen-bond donors (Lipinski definition) is 0. The van der Waals surface area contributed by atoms with E-state index in [1.165, 1.54) is 45.3 Å². The summed E-state index contributed by atoms with van der Waals surface area (Å²) in [7, 11) is 0.